The van der Waals surface area contributed by atoms with Crippen LogP contribution in [0.25, 0.3) is 22.2 Å². The van der Waals surface area contributed by atoms with Gasteiger partial charge in [-0.05, 0) is 61.3 Å². The Labute approximate surface area is 166 Å². The van der Waals surface area contributed by atoms with E-state index in [9.17, 15) is 8.78 Å². The third kappa shape index (κ3) is 3.25. The molecule has 7 heteroatoms. The van der Waals surface area contributed by atoms with Gasteiger partial charge in [-0.3, -0.25) is 4.98 Å². The maximum Gasteiger partial charge on any atom is 0.248 e. The van der Waals surface area contributed by atoms with Crippen LogP contribution in [0.4, 0.5) is 8.78 Å². The molecule has 0 spiro atoms. The standard InChI is InChI=1S/C19H20F2IN3O/c1-11-17(12(2)26-24-11)14-7-16-18(23-8-14)15(22)10-25(16)9-13-3-5-19(20,21)6-4-13/h7-8,10,13H,3-6,9H2,1-2H3/i9D2. The summed E-state index contributed by atoms with van der Waals surface area (Å²) in [6, 6.07) is 1.88. The Balaban J connectivity index is 1.80. The van der Waals surface area contributed by atoms with Crippen molar-refractivity contribution < 1.29 is 16.0 Å². The van der Waals surface area contributed by atoms with Crippen molar-refractivity contribution in [3.63, 3.8) is 0 Å². The summed E-state index contributed by atoms with van der Waals surface area (Å²) in [6.07, 6.45) is 3.24. The molecule has 1 aliphatic rings. The SMILES string of the molecule is [2H]C([2H])(C1CCC(F)(F)CC1)n1cc(I)c2ncc(-c3c(C)noc3C)cc21. The van der Waals surface area contributed by atoms with Crippen molar-refractivity contribution in [2.24, 2.45) is 5.92 Å². The van der Waals surface area contributed by atoms with E-state index in [-0.39, 0.29) is 25.7 Å². The first kappa shape index (κ1) is 15.5. The zero-order valence-corrected chi connectivity index (χ0v) is 16.7. The van der Waals surface area contributed by atoms with Gasteiger partial charge in [0.15, 0.2) is 0 Å². The van der Waals surface area contributed by atoms with Crippen molar-refractivity contribution in [1.29, 1.82) is 0 Å². The topological polar surface area (TPSA) is 43.9 Å². The summed E-state index contributed by atoms with van der Waals surface area (Å²) in [5.74, 6) is -2.48. The largest absolute Gasteiger partial charge is 0.361 e. The average Bonchev–Trinajstić information content (AvgIpc) is 3.14. The van der Waals surface area contributed by atoms with Gasteiger partial charge in [-0.2, -0.15) is 0 Å². The molecule has 0 bridgehead atoms. The maximum atomic E-state index is 13.6. The molecule has 4 nitrogen and oxygen atoms in total. The Hall–Kier alpha value is -1.51. The lowest BCUT2D eigenvalue weighted by Crippen LogP contribution is -2.26. The van der Waals surface area contributed by atoms with Gasteiger partial charge in [-0.15, -0.1) is 0 Å². The highest BCUT2D eigenvalue weighted by atomic mass is 127. The van der Waals surface area contributed by atoms with Gasteiger partial charge in [0.2, 0.25) is 5.92 Å². The molecule has 0 atom stereocenters. The molecule has 0 radical (unpaired) electrons. The molecule has 0 unspecified atom stereocenters. The Morgan fingerprint density at radius 1 is 1.38 bits per heavy atom. The van der Waals surface area contributed by atoms with Crippen molar-refractivity contribution in [2.75, 3.05) is 0 Å². The predicted molar refractivity (Wildman–Crippen MR) is 104 cm³/mol. The molecule has 3 aromatic heterocycles. The second kappa shape index (κ2) is 6.58. The lowest BCUT2D eigenvalue weighted by Gasteiger charge is -2.28. The van der Waals surface area contributed by atoms with E-state index < -0.39 is 18.3 Å². The summed E-state index contributed by atoms with van der Waals surface area (Å²) in [5, 5.41) is 3.98. The van der Waals surface area contributed by atoms with E-state index in [1.807, 2.05) is 19.9 Å². The highest BCUT2D eigenvalue weighted by molar-refractivity contribution is 14.1. The maximum absolute atomic E-state index is 13.6. The molecule has 0 aliphatic heterocycles. The fraction of sp³-hybridized carbons (Fsp3) is 0.474. The van der Waals surface area contributed by atoms with Gasteiger partial charge >= 0.3 is 0 Å². The normalized spacial score (nSPS) is 19.6. The first-order valence-corrected chi connectivity index (χ1v) is 9.66. The molecule has 0 N–H and O–H groups in total. The number of pyridine rings is 1. The third-order valence-electron chi connectivity index (χ3n) is 4.96. The quantitative estimate of drug-likeness (QED) is 0.456. The van der Waals surface area contributed by atoms with E-state index in [2.05, 4.69) is 32.7 Å². The zero-order chi connectivity index (χ0) is 20.3. The summed E-state index contributed by atoms with van der Waals surface area (Å²) in [6.45, 7) is 1.89. The molecule has 0 aromatic carbocycles. The number of hydrogen-bond acceptors (Lipinski definition) is 3. The second-order valence-electron chi connectivity index (χ2n) is 6.90. The molecule has 26 heavy (non-hydrogen) atoms. The van der Waals surface area contributed by atoms with Gasteiger partial charge in [0.25, 0.3) is 0 Å². The van der Waals surface area contributed by atoms with Crippen molar-refractivity contribution in [3.8, 4) is 11.1 Å². The minimum Gasteiger partial charge on any atom is -0.361 e. The lowest BCUT2D eigenvalue weighted by molar-refractivity contribution is -0.0472. The van der Waals surface area contributed by atoms with E-state index in [0.29, 0.717) is 16.8 Å². The molecule has 138 valence electrons. The molecule has 1 fully saturated rings. The Kier molecular flexibility index (Phi) is 3.93. The van der Waals surface area contributed by atoms with Gasteiger partial charge in [0.1, 0.15) is 11.3 Å². The monoisotopic (exact) mass is 473 g/mol. The summed E-state index contributed by atoms with van der Waals surface area (Å²) < 4.78 is 52.2. The van der Waals surface area contributed by atoms with E-state index in [4.69, 9.17) is 7.26 Å². The van der Waals surface area contributed by atoms with Crippen LogP contribution in [-0.2, 0) is 6.50 Å². The first-order valence-electron chi connectivity index (χ1n) is 9.58. The predicted octanol–water partition coefficient (Wildman–Crippen LogP) is 5.74. The highest BCUT2D eigenvalue weighted by Gasteiger charge is 2.35. The average molecular weight is 473 g/mol. The van der Waals surface area contributed by atoms with E-state index in [1.165, 1.54) is 0 Å². The summed E-state index contributed by atoms with van der Waals surface area (Å²) in [4.78, 5) is 4.54. The van der Waals surface area contributed by atoms with Crippen LogP contribution in [0.5, 0.6) is 0 Å². The number of rotatable bonds is 3. The number of aryl methyl sites for hydroxylation is 2. The molecular weight excluding hydrogens is 451 g/mol. The second-order valence-corrected chi connectivity index (χ2v) is 8.06. The molecule has 1 aliphatic carbocycles. The number of alkyl halides is 2. The highest BCUT2D eigenvalue weighted by Crippen LogP contribution is 2.38. The molecule has 1 saturated carbocycles. The van der Waals surface area contributed by atoms with Crippen LogP contribution in [0, 0.1) is 23.3 Å². The van der Waals surface area contributed by atoms with Crippen LogP contribution in [0.2, 0.25) is 0 Å². The van der Waals surface area contributed by atoms with E-state index in [0.717, 1.165) is 20.4 Å². The Morgan fingerprint density at radius 3 is 2.77 bits per heavy atom. The number of aromatic nitrogens is 3. The minimum atomic E-state index is -2.68. The number of fused-ring (bicyclic) bond motifs is 1. The Morgan fingerprint density at radius 2 is 2.12 bits per heavy atom. The van der Waals surface area contributed by atoms with E-state index >= 15 is 0 Å². The number of halogens is 3. The van der Waals surface area contributed by atoms with Gasteiger partial charge < -0.3 is 9.09 Å². The molecule has 3 aromatic rings. The van der Waals surface area contributed by atoms with Crippen molar-refractivity contribution in [1.82, 2.24) is 14.7 Å². The van der Waals surface area contributed by atoms with Crippen LogP contribution < -0.4 is 0 Å². The van der Waals surface area contributed by atoms with Crippen LogP contribution in [0.1, 0.15) is 39.9 Å². The first-order chi connectivity index (χ1) is 13.1. The zero-order valence-electron chi connectivity index (χ0n) is 16.5. The lowest BCUT2D eigenvalue weighted by atomic mass is 9.87. The molecule has 0 saturated heterocycles. The van der Waals surface area contributed by atoms with Crippen LogP contribution >= 0.6 is 22.6 Å². The molecule has 0 amide bonds. The molecule has 4 rings (SSSR count). The summed E-state index contributed by atoms with van der Waals surface area (Å²) >= 11 is 2.13. The van der Waals surface area contributed by atoms with Crippen molar-refractivity contribution in [3.05, 3.63) is 33.5 Å². The third-order valence-corrected chi connectivity index (χ3v) is 5.75. The van der Waals surface area contributed by atoms with E-state index in [1.54, 1.807) is 17.0 Å². The Bertz CT molecular complexity index is 1020. The van der Waals surface area contributed by atoms with Crippen LogP contribution in [-0.4, -0.2) is 20.6 Å². The number of nitrogens with zero attached hydrogens (tertiary/aromatic N) is 3. The summed E-state index contributed by atoms with van der Waals surface area (Å²) in [5.41, 5.74) is 3.72. The molecule has 3 heterocycles. The smallest absolute Gasteiger partial charge is 0.248 e. The molecular formula is C19H20F2IN3O. The van der Waals surface area contributed by atoms with Gasteiger partial charge in [0, 0.05) is 42.9 Å². The van der Waals surface area contributed by atoms with Crippen LogP contribution in [0.15, 0.2) is 23.0 Å². The fourth-order valence-corrected chi connectivity index (χ4v) is 4.26. The van der Waals surface area contributed by atoms with Gasteiger partial charge in [-0.1, -0.05) is 5.16 Å². The fourth-order valence-electron chi connectivity index (χ4n) is 3.57. The van der Waals surface area contributed by atoms with Gasteiger partial charge in [-0.25, -0.2) is 8.78 Å². The van der Waals surface area contributed by atoms with Crippen LogP contribution in [0.3, 0.4) is 0 Å². The summed E-state index contributed by atoms with van der Waals surface area (Å²) in [7, 11) is 0. The van der Waals surface area contributed by atoms with Crippen molar-refractivity contribution >= 4 is 33.6 Å². The minimum absolute atomic E-state index is 0.160. The van der Waals surface area contributed by atoms with Crippen molar-refractivity contribution in [2.45, 2.75) is 52.0 Å². The number of hydrogen-bond donors (Lipinski definition) is 0. The van der Waals surface area contributed by atoms with Gasteiger partial charge in [0.05, 0.1) is 17.5 Å².